The summed E-state index contributed by atoms with van der Waals surface area (Å²) in [7, 11) is 0. The lowest BCUT2D eigenvalue weighted by Crippen LogP contribution is -2.15. The zero-order chi connectivity index (χ0) is 17.0. The van der Waals surface area contributed by atoms with Crippen LogP contribution >= 0.6 is 11.6 Å². The first-order valence-electron chi connectivity index (χ1n) is 6.46. The topological polar surface area (TPSA) is 64.1 Å². The second-order valence-corrected chi connectivity index (χ2v) is 4.74. The molecule has 1 amide bonds. The van der Waals surface area contributed by atoms with Crippen LogP contribution in [0.2, 0.25) is 5.02 Å². The maximum Gasteiger partial charge on any atom is 0.416 e. The van der Waals surface area contributed by atoms with E-state index in [1.54, 1.807) is 6.92 Å². The first-order valence-corrected chi connectivity index (χ1v) is 6.83. The summed E-state index contributed by atoms with van der Waals surface area (Å²) in [5.41, 5.74) is -1.17. The standard InChI is InChI=1S/C14H11ClF3N3O2/c1-2-23-12-6-5-10(20-21-12)13(22)19-11-7-8(14(16,17)18)3-4-9(11)15/h3-7H,2H2,1H3,(H,19,22). The lowest BCUT2D eigenvalue weighted by molar-refractivity contribution is -0.137. The summed E-state index contributed by atoms with van der Waals surface area (Å²) < 4.78 is 43.1. The van der Waals surface area contributed by atoms with Gasteiger partial charge in [0.2, 0.25) is 5.88 Å². The summed E-state index contributed by atoms with van der Waals surface area (Å²) >= 11 is 5.81. The third kappa shape index (κ3) is 4.32. The summed E-state index contributed by atoms with van der Waals surface area (Å²) in [5.74, 6) is -0.497. The molecule has 9 heteroatoms. The van der Waals surface area contributed by atoms with Gasteiger partial charge >= 0.3 is 6.18 Å². The van der Waals surface area contributed by atoms with Crippen molar-refractivity contribution in [1.82, 2.24) is 10.2 Å². The molecule has 0 radical (unpaired) electrons. The second-order valence-electron chi connectivity index (χ2n) is 4.34. The van der Waals surface area contributed by atoms with E-state index >= 15 is 0 Å². The number of ether oxygens (including phenoxy) is 1. The van der Waals surface area contributed by atoms with Crippen LogP contribution < -0.4 is 10.1 Å². The highest BCUT2D eigenvalue weighted by molar-refractivity contribution is 6.33. The van der Waals surface area contributed by atoms with Crippen LogP contribution in [-0.4, -0.2) is 22.7 Å². The lowest BCUT2D eigenvalue weighted by atomic mass is 10.2. The molecule has 5 nitrogen and oxygen atoms in total. The highest BCUT2D eigenvalue weighted by Gasteiger charge is 2.31. The van der Waals surface area contributed by atoms with Crippen LogP contribution in [0.3, 0.4) is 0 Å². The smallest absolute Gasteiger partial charge is 0.416 e. The van der Waals surface area contributed by atoms with E-state index in [0.29, 0.717) is 6.61 Å². The Morgan fingerprint density at radius 1 is 1.26 bits per heavy atom. The minimum Gasteiger partial charge on any atom is -0.477 e. The number of amides is 1. The number of nitrogens with one attached hydrogen (secondary N) is 1. The van der Waals surface area contributed by atoms with E-state index in [-0.39, 0.29) is 22.3 Å². The Labute approximate surface area is 134 Å². The summed E-state index contributed by atoms with van der Waals surface area (Å²) in [6, 6.07) is 5.41. The minimum atomic E-state index is -4.54. The van der Waals surface area contributed by atoms with Gasteiger partial charge in [0, 0.05) is 6.07 Å². The quantitative estimate of drug-likeness (QED) is 0.915. The van der Waals surface area contributed by atoms with Gasteiger partial charge in [0.1, 0.15) is 0 Å². The van der Waals surface area contributed by atoms with Crippen LogP contribution in [0.1, 0.15) is 23.0 Å². The van der Waals surface area contributed by atoms with E-state index in [1.807, 2.05) is 0 Å². The lowest BCUT2D eigenvalue weighted by Gasteiger charge is -2.11. The molecule has 122 valence electrons. The third-order valence-corrected chi connectivity index (χ3v) is 3.04. The Hall–Kier alpha value is -2.35. The van der Waals surface area contributed by atoms with Gasteiger partial charge in [0.25, 0.3) is 5.91 Å². The summed E-state index contributed by atoms with van der Waals surface area (Å²) in [6.45, 7) is 2.15. The fraction of sp³-hybridized carbons (Fsp3) is 0.214. The SMILES string of the molecule is CCOc1ccc(C(=O)Nc2cc(C(F)(F)F)ccc2Cl)nn1. The number of anilines is 1. The first kappa shape index (κ1) is 17.0. The van der Waals surface area contributed by atoms with Gasteiger partial charge in [-0.2, -0.15) is 13.2 Å². The molecule has 0 aliphatic carbocycles. The number of benzene rings is 1. The molecular weight excluding hydrogens is 335 g/mol. The Balaban J connectivity index is 2.19. The van der Waals surface area contributed by atoms with E-state index < -0.39 is 17.6 Å². The number of halogens is 4. The fourth-order valence-electron chi connectivity index (χ4n) is 1.65. The molecule has 2 aromatic rings. The molecule has 0 saturated heterocycles. The van der Waals surface area contributed by atoms with Gasteiger partial charge in [-0.3, -0.25) is 4.79 Å². The maximum absolute atomic E-state index is 12.7. The molecule has 2 rings (SSSR count). The maximum atomic E-state index is 12.7. The van der Waals surface area contributed by atoms with Crippen molar-refractivity contribution in [2.24, 2.45) is 0 Å². The third-order valence-electron chi connectivity index (χ3n) is 2.71. The second kappa shape index (κ2) is 6.82. The van der Waals surface area contributed by atoms with Crippen molar-refractivity contribution in [1.29, 1.82) is 0 Å². The Kier molecular flexibility index (Phi) is 5.05. The van der Waals surface area contributed by atoms with Gasteiger partial charge in [0.05, 0.1) is 22.9 Å². The van der Waals surface area contributed by atoms with Gasteiger partial charge < -0.3 is 10.1 Å². The number of nitrogens with zero attached hydrogens (tertiary/aromatic N) is 2. The molecule has 0 unspecified atom stereocenters. The van der Waals surface area contributed by atoms with E-state index in [2.05, 4.69) is 15.5 Å². The Bertz CT molecular complexity index is 705. The van der Waals surface area contributed by atoms with Crippen LogP contribution in [0.15, 0.2) is 30.3 Å². The molecule has 0 saturated carbocycles. The zero-order valence-electron chi connectivity index (χ0n) is 11.8. The summed E-state index contributed by atoms with van der Waals surface area (Å²) in [4.78, 5) is 12.0. The molecule has 1 aromatic heterocycles. The molecule has 1 N–H and O–H groups in total. The molecular formula is C14H11ClF3N3O2. The summed E-state index contributed by atoms with van der Waals surface area (Å²) in [5, 5.41) is 9.56. The average molecular weight is 346 g/mol. The van der Waals surface area contributed by atoms with Crippen molar-refractivity contribution in [3.8, 4) is 5.88 Å². The van der Waals surface area contributed by atoms with Crippen LogP contribution in [-0.2, 0) is 6.18 Å². The molecule has 0 aliphatic heterocycles. The molecule has 0 fully saturated rings. The molecule has 0 spiro atoms. The van der Waals surface area contributed by atoms with E-state index in [9.17, 15) is 18.0 Å². The fourth-order valence-corrected chi connectivity index (χ4v) is 1.81. The van der Waals surface area contributed by atoms with Gasteiger partial charge in [-0.25, -0.2) is 0 Å². The predicted molar refractivity (Wildman–Crippen MR) is 77.6 cm³/mol. The van der Waals surface area contributed by atoms with Crippen molar-refractivity contribution in [2.75, 3.05) is 11.9 Å². The Morgan fingerprint density at radius 2 is 2.00 bits per heavy atom. The van der Waals surface area contributed by atoms with Crippen molar-refractivity contribution in [3.05, 3.63) is 46.6 Å². The van der Waals surface area contributed by atoms with E-state index in [4.69, 9.17) is 16.3 Å². The van der Waals surface area contributed by atoms with Crippen LogP contribution in [0.4, 0.5) is 18.9 Å². The average Bonchev–Trinajstić information content (AvgIpc) is 2.49. The van der Waals surface area contributed by atoms with Gasteiger partial charge in [-0.05, 0) is 31.2 Å². The minimum absolute atomic E-state index is 0.0229. The molecule has 1 heterocycles. The number of hydrogen-bond donors (Lipinski definition) is 1. The van der Waals surface area contributed by atoms with Crippen molar-refractivity contribution >= 4 is 23.2 Å². The number of alkyl halides is 3. The zero-order valence-corrected chi connectivity index (χ0v) is 12.6. The number of carbonyl (C=O) groups excluding carboxylic acids is 1. The van der Waals surface area contributed by atoms with Crippen molar-refractivity contribution < 1.29 is 22.7 Å². The first-order chi connectivity index (χ1) is 10.8. The van der Waals surface area contributed by atoms with E-state index in [0.717, 1.165) is 18.2 Å². The number of rotatable bonds is 4. The van der Waals surface area contributed by atoms with Crippen molar-refractivity contribution in [2.45, 2.75) is 13.1 Å². The Morgan fingerprint density at radius 3 is 2.57 bits per heavy atom. The molecule has 0 aliphatic rings. The summed E-state index contributed by atoms with van der Waals surface area (Å²) in [6.07, 6.45) is -4.54. The molecule has 0 bridgehead atoms. The normalized spacial score (nSPS) is 11.2. The highest BCUT2D eigenvalue weighted by Crippen LogP contribution is 2.33. The predicted octanol–water partition coefficient (Wildman–Crippen LogP) is 3.80. The van der Waals surface area contributed by atoms with E-state index in [1.165, 1.54) is 12.1 Å². The van der Waals surface area contributed by atoms with Gasteiger partial charge in [-0.1, -0.05) is 11.6 Å². The van der Waals surface area contributed by atoms with Gasteiger partial charge in [-0.15, -0.1) is 10.2 Å². The van der Waals surface area contributed by atoms with Crippen LogP contribution in [0, 0.1) is 0 Å². The number of carbonyl (C=O) groups is 1. The monoisotopic (exact) mass is 345 g/mol. The van der Waals surface area contributed by atoms with Crippen molar-refractivity contribution in [3.63, 3.8) is 0 Å². The van der Waals surface area contributed by atoms with Crippen LogP contribution in [0.5, 0.6) is 5.88 Å². The highest BCUT2D eigenvalue weighted by atomic mass is 35.5. The number of aromatic nitrogens is 2. The van der Waals surface area contributed by atoms with Gasteiger partial charge in [0.15, 0.2) is 5.69 Å². The molecule has 0 atom stereocenters. The largest absolute Gasteiger partial charge is 0.477 e. The molecule has 23 heavy (non-hydrogen) atoms. The molecule has 1 aromatic carbocycles. The number of hydrogen-bond acceptors (Lipinski definition) is 4. The van der Waals surface area contributed by atoms with Crippen LogP contribution in [0.25, 0.3) is 0 Å².